The average molecular weight is 551 g/mol. The van der Waals surface area contributed by atoms with Gasteiger partial charge in [0.05, 0.1) is 11.5 Å². The normalized spacial score (nSPS) is 11.0. The standard InChI is InChI=1S/C33H30N2O2S2/c36-32(23-38-30-16-14-26-10-4-6-12-28(26)20-30)34-18-19-35(22-25-8-2-1-3-9-25)33(37)24-39-31-17-15-27-11-5-7-13-29(27)21-31/h1-17,20-21H,18-19,22-24H2,(H,34,36). The second-order valence-corrected chi connectivity index (χ2v) is 11.3. The van der Waals surface area contributed by atoms with Crippen molar-refractivity contribution in [1.82, 2.24) is 10.2 Å². The number of carbonyl (C=O) groups is 2. The first kappa shape index (κ1) is 26.9. The van der Waals surface area contributed by atoms with Crippen LogP contribution >= 0.6 is 23.5 Å². The van der Waals surface area contributed by atoms with Crippen molar-refractivity contribution in [3.8, 4) is 0 Å². The molecular weight excluding hydrogens is 521 g/mol. The van der Waals surface area contributed by atoms with Crippen LogP contribution in [-0.4, -0.2) is 41.3 Å². The van der Waals surface area contributed by atoms with Crippen molar-refractivity contribution < 1.29 is 9.59 Å². The van der Waals surface area contributed by atoms with E-state index in [1.807, 2.05) is 65.6 Å². The molecule has 4 nitrogen and oxygen atoms in total. The molecule has 0 fully saturated rings. The summed E-state index contributed by atoms with van der Waals surface area (Å²) in [5, 5.41) is 7.70. The second kappa shape index (κ2) is 13.4. The van der Waals surface area contributed by atoms with Crippen LogP contribution in [0.2, 0.25) is 0 Å². The highest BCUT2D eigenvalue weighted by Gasteiger charge is 2.15. The molecular formula is C33H30N2O2S2. The fourth-order valence-electron chi connectivity index (χ4n) is 4.38. The Bertz CT molecular complexity index is 1570. The van der Waals surface area contributed by atoms with E-state index in [-0.39, 0.29) is 11.8 Å². The molecule has 6 heteroatoms. The number of benzene rings is 5. The van der Waals surface area contributed by atoms with Gasteiger partial charge in [-0.15, -0.1) is 23.5 Å². The first-order valence-electron chi connectivity index (χ1n) is 13.0. The number of rotatable bonds is 11. The number of hydrogen-bond acceptors (Lipinski definition) is 4. The fourth-order valence-corrected chi connectivity index (χ4v) is 6.00. The summed E-state index contributed by atoms with van der Waals surface area (Å²) in [5.41, 5.74) is 1.07. The molecule has 5 rings (SSSR count). The lowest BCUT2D eigenvalue weighted by Gasteiger charge is -2.23. The van der Waals surface area contributed by atoms with E-state index in [1.54, 1.807) is 11.8 Å². The smallest absolute Gasteiger partial charge is 0.233 e. The predicted molar refractivity (Wildman–Crippen MR) is 164 cm³/mol. The molecule has 0 atom stereocenters. The summed E-state index contributed by atoms with van der Waals surface area (Å²) in [4.78, 5) is 29.8. The van der Waals surface area contributed by atoms with Crippen molar-refractivity contribution in [2.75, 3.05) is 24.6 Å². The molecule has 5 aromatic carbocycles. The summed E-state index contributed by atoms with van der Waals surface area (Å²) < 4.78 is 0. The van der Waals surface area contributed by atoms with Gasteiger partial charge in [0.15, 0.2) is 0 Å². The minimum Gasteiger partial charge on any atom is -0.354 e. The lowest BCUT2D eigenvalue weighted by Crippen LogP contribution is -2.39. The van der Waals surface area contributed by atoms with Gasteiger partial charge in [0.2, 0.25) is 11.8 Å². The van der Waals surface area contributed by atoms with Gasteiger partial charge in [0.25, 0.3) is 0 Å². The van der Waals surface area contributed by atoms with Gasteiger partial charge < -0.3 is 10.2 Å². The molecule has 0 spiro atoms. The van der Waals surface area contributed by atoms with Gasteiger partial charge in [-0.05, 0) is 51.4 Å². The van der Waals surface area contributed by atoms with Crippen LogP contribution in [0.3, 0.4) is 0 Å². The lowest BCUT2D eigenvalue weighted by atomic mass is 10.1. The molecule has 0 aliphatic heterocycles. The van der Waals surface area contributed by atoms with Gasteiger partial charge >= 0.3 is 0 Å². The highest BCUT2D eigenvalue weighted by Crippen LogP contribution is 2.25. The van der Waals surface area contributed by atoms with Crippen molar-refractivity contribution >= 4 is 56.9 Å². The number of fused-ring (bicyclic) bond motifs is 2. The zero-order valence-electron chi connectivity index (χ0n) is 21.6. The summed E-state index contributed by atoms with van der Waals surface area (Å²) >= 11 is 3.07. The molecule has 0 radical (unpaired) electrons. The lowest BCUT2D eigenvalue weighted by molar-refractivity contribution is -0.129. The first-order valence-corrected chi connectivity index (χ1v) is 14.9. The van der Waals surface area contributed by atoms with Crippen LogP contribution in [0.1, 0.15) is 5.56 Å². The third-order valence-electron chi connectivity index (χ3n) is 6.45. The number of carbonyl (C=O) groups excluding carboxylic acids is 2. The van der Waals surface area contributed by atoms with E-state index in [9.17, 15) is 9.59 Å². The van der Waals surface area contributed by atoms with E-state index < -0.39 is 0 Å². The molecule has 5 aromatic rings. The van der Waals surface area contributed by atoms with Crippen LogP contribution < -0.4 is 5.32 Å². The Kier molecular flexibility index (Phi) is 9.20. The highest BCUT2D eigenvalue weighted by atomic mass is 32.2. The van der Waals surface area contributed by atoms with E-state index in [0.717, 1.165) is 15.4 Å². The van der Waals surface area contributed by atoms with Gasteiger partial charge in [-0.25, -0.2) is 0 Å². The van der Waals surface area contributed by atoms with Crippen LogP contribution in [0.4, 0.5) is 0 Å². The predicted octanol–water partition coefficient (Wildman–Crippen LogP) is 7.02. The molecule has 1 N–H and O–H groups in total. The van der Waals surface area contributed by atoms with E-state index in [1.165, 1.54) is 33.3 Å². The average Bonchev–Trinajstić information content (AvgIpc) is 2.98. The summed E-state index contributed by atoms with van der Waals surface area (Å²) in [6.45, 7) is 1.38. The van der Waals surface area contributed by atoms with Gasteiger partial charge in [-0.2, -0.15) is 0 Å². The Labute approximate surface area is 237 Å². The molecule has 0 saturated carbocycles. The topological polar surface area (TPSA) is 49.4 Å². The monoisotopic (exact) mass is 550 g/mol. The maximum atomic E-state index is 13.3. The number of hydrogen-bond donors (Lipinski definition) is 1. The van der Waals surface area contributed by atoms with E-state index >= 15 is 0 Å². The molecule has 0 aliphatic carbocycles. The maximum absolute atomic E-state index is 13.3. The number of nitrogens with one attached hydrogen (secondary N) is 1. The number of thioether (sulfide) groups is 2. The van der Waals surface area contributed by atoms with Crippen LogP contribution in [0.5, 0.6) is 0 Å². The Balaban J connectivity index is 1.14. The molecule has 0 bridgehead atoms. The molecule has 0 aromatic heterocycles. The van der Waals surface area contributed by atoms with Gasteiger partial charge in [0, 0.05) is 29.4 Å². The minimum atomic E-state index is -0.0363. The first-order chi connectivity index (χ1) is 19.1. The third kappa shape index (κ3) is 7.65. The molecule has 0 saturated heterocycles. The van der Waals surface area contributed by atoms with Crippen LogP contribution in [0.15, 0.2) is 125 Å². The summed E-state index contributed by atoms with van der Waals surface area (Å²) in [6.07, 6.45) is 0. The third-order valence-corrected chi connectivity index (χ3v) is 8.42. The van der Waals surface area contributed by atoms with Crippen molar-refractivity contribution in [1.29, 1.82) is 0 Å². The van der Waals surface area contributed by atoms with E-state index in [4.69, 9.17) is 0 Å². The summed E-state index contributed by atoms with van der Waals surface area (Å²) in [7, 11) is 0. The second-order valence-electron chi connectivity index (χ2n) is 9.25. The Hall–Kier alpha value is -3.74. The molecule has 0 heterocycles. The maximum Gasteiger partial charge on any atom is 0.233 e. The molecule has 196 valence electrons. The van der Waals surface area contributed by atoms with Crippen LogP contribution in [-0.2, 0) is 16.1 Å². The van der Waals surface area contributed by atoms with Crippen molar-refractivity contribution in [3.63, 3.8) is 0 Å². The van der Waals surface area contributed by atoms with E-state index in [2.05, 4.69) is 59.9 Å². The minimum absolute atomic E-state index is 0.0363. The van der Waals surface area contributed by atoms with E-state index in [0.29, 0.717) is 31.1 Å². The van der Waals surface area contributed by atoms with Gasteiger partial charge in [-0.3, -0.25) is 9.59 Å². The summed E-state index contributed by atoms with van der Waals surface area (Å²) in [6, 6.07) is 38.9. The van der Waals surface area contributed by atoms with Gasteiger partial charge in [0.1, 0.15) is 0 Å². The van der Waals surface area contributed by atoms with Crippen LogP contribution in [0, 0.1) is 0 Å². The van der Waals surface area contributed by atoms with Gasteiger partial charge in [-0.1, -0.05) is 91.0 Å². The number of nitrogens with zero attached hydrogens (tertiary/aromatic N) is 1. The highest BCUT2D eigenvalue weighted by molar-refractivity contribution is 8.00. The zero-order chi connectivity index (χ0) is 26.9. The number of amides is 2. The van der Waals surface area contributed by atoms with Crippen molar-refractivity contribution in [3.05, 3.63) is 121 Å². The Morgan fingerprint density at radius 1 is 0.615 bits per heavy atom. The van der Waals surface area contributed by atoms with Crippen molar-refractivity contribution in [2.45, 2.75) is 16.3 Å². The largest absolute Gasteiger partial charge is 0.354 e. The molecule has 39 heavy (non-hydrogen) atoms. The molecule has 0 unspecified atom stereocenters. The Morgan fingerprint density at radius 3 is 1.77 bits per heavy atom. The summed E-state index contributed by atoms with van der Waals surface area (Å²) in [5.74, 6) is 0.697. The van der Waals surface area contributed by atoms with Crippen LogP contribution in [0.25, 0.3) is 21.5 Å². The Morgan fingerprint density at radius 2 is 1.15 bits per heavy atom. The SMILES string of the molecule is O=C(CSc1ccc2ccccc2c1)NCCN(Cc1ccccc1)C(=O)CSc1ccc2ccccc2c1. The quantitative estimate of drug-likeness (QED) is 0.180. The zero-order valence-corrected chi connectivity index (χ0v) is 23.2. The molecule has 0 aliphatic rings. The van der Waals surface area contributed by atoms with Crippen molar-refractivity contribution in [2.24, 2.45) is 0 Å². The fraction of sp³-hybridized carbons (Fsp3) is 0.152. The molecule has 2 amide bonds.